The van der Waals surface area contributed by atoms with Gasteiger partial charge in [-0.3, -0.25) is 9.59 Å². The lowest BCUT2D eigenvalue weighted by Crippen LogP contribution is -2.25. The highest BCUT2D eigenvalue weighted by atomic mass is 19.1. The predicted molar refractivity (Wildman–Crippen MR) is 88.2 cm³/mol. The number of aryl methyl sites for hydroxylation is 1. The van der Waals surface area contributed by atoms with Gasteiger partial charge in [-0.05, 0) is 43.2 Å². The summed E-state index contributed by atoms with van der Waals surface area (Å²) >= 11 is 0. The topological polar surface area (TPSA) is 58.2 Å². The standard InChI is InChI=1S/C18H19FN2O2/c1-3-10-20-18(23)14-6-4-5-7-16(14)21-17(22)13-9-8-12(2)15(19)11-13/h4-9,11H,3,10H2,1-2H3,(H,20,23)(H,21,22). The van der Waals surface area contributed by atoms with E-state index in [4.69, 9.17) is 0 Å². The van der Waals surface area contributed by atoms with Crippen LogP contribution < -0.4 is 10.6 Å². The van der Waals surface area contributed by atoms with Gasteiger partial charge in [-0.1, -0.05) is 25.1 Å². The van der Waals surface area contributed by atoms with Gasteiger partial charge in [-0.15, -0.1) is 0 Å². The monoisotopic (exact) mass is 314 g/mol. The Hall–Kier alpha value is -2.69. The molecule has 0 heterocycles. The molecule has 0 aliphatic rings. The number of anilines is 1. The van der Waals surface area contributed by atoms with E-state index in [2.05, 4.69) is 10.6 Å². The molecule has 0 spiro atoms. The van der Waals surface area contributed by atoms with E-state index in [9.17, 15) is 14.0 Å². The molecule has 2 aromatic carbocycles. The van der Waals surface area contributed by atoms with Crippen molar-refractivity contribution in [1.29, 1.82) is 0 Å². The molecule has 2 N–H and O–H groups in total. The third kappa shape index (κ3) is 4.16. The molecular weight excluding hydrogens is 295 g/mol. The zero-order valence-electron chi connectivity index (χ0n) is 13.2. The maximum Gasteiger partial charge on any atom is 0.255 e. The van der Waals surface area contributed by atoms with Crippen LogP contribution in [0.4, 0.5) is 10.1 Å². The van der Waals surface area contributed by atoms with E-state index in [1.165, 1.54) is 6.07 Å². The lowest BCUT2D eigenvalue weighted by Gasteiger charge is -2.11. The summed E-state index contributed by atoms with van der Waals surface area (Å²) in [7, 11) is 0. The molecular formula is C18H19FN2O2. The molecule has 0 aliphatic heterocycles. The molecule has 2 rings (SSSR count). The number of rotatable bonds is 5. The van der Waals surface area contributed by atoms with E-state index in [1.807, 2.05) is 6.92 Å². The minimum atomic E-state index is -0.459. The molecule has 4 nitrogen and oxygen atoms in total. The van der Waals surface area contributed by atoms with Gasteiger partial charge in [-0.25, -0.2) is 4.39 Å². The minimum Gasteiger partial charge on any atom is -0.352 e. The molecule has 0 radical (unpaired) electrons. The van der Waals surface area contributed by atoms with Gasteiger partial charge < -0.3 is 10.6 Å². The second kappa shape index (κ2) is 7.54. The van der Waals surface area contributed by atoms with Gasteiger partial charge in [0.15, 0.2) is 0 Å². The highest BCUT2D eigenvalue weighted by Crippen LogP contribution is 2.17. The largest absolute Gasteiger partial charge is 0.352 e. The van der Waals surface area contributed by atoms with Gasteiger partial charge in [0.05, 0.1) is 11.3 Å². The van der Waals surface area contributed by atoms with E-state index in [0.29, 0.717) is 23.4 Å². The highest BCUT2D eigenvalue weighted by Gasteiger charge is 2.14. The molecule has 0 unspecified atom stereocenters. The van der Waals surface area contributed by atoms with Crippen molar-refractivity contribution in [3.63, 3.8) is 0 Å². The number of carbonyl (C=O) groups is 2. The lowest BCUT2D eigenvalue weighted by molar-refractivity contribution is 0.0954. The van der Waals surface area contributed by atoms with Crippen LogP contribution in [0.3, 0.4) is 0 Å². The average Bonchev–Trinajstić information content (AvgIpc) is 2.55. The van der Waals surface area contributed by atoms with Crippen molar-refractivity contribution in [2.45, 2.75) is 20.3 Å². The number of nitrogens with one attached hydrogen (secondary N) is 2. The number of halogens is 1. The maximum atomic E-state index is 13.6. The van der Waals surface area contributed by atoms with Crippen molar-refractivity contribution in [1.82, 2.24) is 5.32 Å². The Morgan fingerprint density at radius 1 is 1.09 bits per heavy atom. The fraction of sp³-hybridized carbons (Fsp3) is 0.222. The van der Waals surface area contributed by atoms with Gasteiger partial charge in [-0.2, -0.15) is 0 Å². The lowest BCUT2D eigenvalue weighted by atomic mass is 10.1. The zero-order chi connectivity index (χ0) is 16.8. The van der Waals surface area contributed by atoms with Crippen molar-refractivity contribution in [2.75, 3.05) is 11.9 Å². The normalized spacial score (nSPS) is 10.2. The van der Waals surface area contributed by atoms with Crippen LogP contribution in [-0.2, 0) is 0 Å². The fourth-order valence-electron chi connectivity index (χ4n) is 2.05. The van der Waals surface area contributed by atoms with Gasteiger partial charge in [0.2, 0.25) is 0 Å². The van der Waals surface area contributed by atoms with Crippen LogP contribution in [0.25, 0.3) is 0 Å². The summed E-state index contributed by atoms with van der Waals surface area (Å²) in [5.41, 5.74) is 1.45. The van der Waals surface area contributed by atoms with Crippen LogP contribution in [0.15, 0.2) is 42.5 Å². The first-order valence-electron chi connectivity index (χ1n) is 7.47. The smallest absolute Gasteiger partial charge is 0.255 e. The van der Waals surface area contributed by atoms with Crippen molar-refractivity contribution in [3.8, 4) is 0 Å². The number of hydrogen-bond donors (Lipinski definition) is 2. The van der Waals surface area contributed by atoms with E-state index in [1.54, 1.807) is 43.3 Å². The summed E-state index contributed by atoms with van der Waals surface area (Å²) in [6.07, 6.45) is 0.822. The molecule has 0 atom stereocenters. The van der Waals surface area contributed by atoms with Crippen molar-refractivity contribution in [3.05, 3.63) is 65.0 Å². The number of hydrogen-bond acceptors (Lipinski definition) is 2. The fourth-order valence-corrected chi connectivity index (χ4v) is 2.05. The SMILES string of the molecule is CCCNC(=O)c1ccccc1NC(=O)c1ccc(C)c(F)c1. The van der Waals surface area contributed by atoms with Crippen LogP contribution >= 0.6 is 0 Å². The number of amides is 2. The van der Waals surface area contributed by atoms with Crippen molar-refractivity contribution in [2.24, 2.45) is 0 Å². The molecule has 120 valence electrons. The molecule has 23 heavy (non-hydrogen) atoms. The summed E-state index contributed by atoms with van der Waals surface area (Å²) in [6, 6.07) is 11.0. The molecule has 0 saturated carbocycles. The summed E-state index contributed by atoms with van der Waals surface area (Å²) in [6.45, 7) is 4.15. The van der Waals surface area contributed by atoms with Crippen LogP contribution in [0.1, 0.15) is 39.6 Å². The molecule has 0 fully saturated rings. The Bertz CT molecular complexity index is 729. The molecule has 2 amide bonds. The Labute approximate surface area is 134 Å². The van der Waals surface area contributed by atoms with Crippen LogP contribution in [0, 0.1) is 12.7 Å². The van der Waals surface area contributed by atoms with E-state index >= 15 is 0 Å². The van der Waals surface area contributed by atoms with E-state index < -0.39 is 11.7 Å². The van der Waals surface area contributed by atoms with Crippen LogP contribution in [0.5, 0.6) is 0 Å². The first-order chi connectivity index (χ1) is 11.0. The van der Waals surface area contributed by atoms with E-state index in [-0.39, 0.29) is 11.5 Å². The molecule has 0 saturated heterocycles. The molecule has 0 aliphatic carbocycles. The quantitative estimate of drug-likeness (QED) is 0.887. The Balaban J connectivity index is 2.20. The third-order valence-electron chi connectivity index (χ3n) is 3.39. The average molecular weight is 314 g/mol. The Morgan fingerprint density at radius 3 is 2.52 bits per heavy atom. The van der Waals surface area contributed by atoms with Gasteiger partial charge >= 0.3 is 0 Å². The van der Waals surface area contributed by atoms with E-state index in [0.717, 1.165) is 6.42 Å². The third-order valence-corrected chi connectivity index (χ3v) is 3.39. The first-order valence-corrected chi connectivity index (χ1v) is 7.47. The van der Waals surface area contributed by atoms with Crippen molar-refractivity contribution >= 4 is 17.5 Å². The molecule has 0 bridgehead atoms. The summed E-state index contributed by atoms with van der Waals surface area (Å²) in [5.74, 6) is -1.15. The Kier molecular flexibility index (Phi) is 5.46. The number of benzene rings is 2. The minimum absolute atomic E-state index is 0.205. The second-order valence-corrected chi connectivity index (χ2v) is 5.22. The molecule has 5 heteroatoms. The molecule has 2 aromatic rings. The summed E-state index contributed by atoms with van der Waals surface area (Å²) < 4.78 is 13.6. The highest BCUT2D eigenvalue weighted by molar-refractivity contribution is 6.09. The number of carbonyl (C=O) groups excluding carboxylic acids is 2. The van der Waals surface area contributed by atoms with Crippen LogP contribution in [-0.4, -0.2) is 18.4 Å². The predicted octanol–water partition coefficient (Wildman–Crippen LogP) is 3.53. The zero-order valence-corrected chi connectivity index (χ0v) is 13.2. The summed E-state index contributed by atoms with van der Waals surface area (Å²) in [4.78, 5) is 24.4. The second-order valence-electron chi connectivity index (χ2n) is 5.22. The van der Waals surface area contributed by atoms with Gasteiger partial charge in [0.25, 0.3) is 11.8 Å². The van der Waals surface area contributed by atoms with Gasteiger partial charge in [0.1, 0.15) is 5.82 Å². The van der Waals surface area contributed by atoms with Crippen molar-refractivity contribution < 1.29 is 14.0 Å². The maximum absolute atomic E-state index is 13.6. The van der Waals surface area contributed by atoms with Gasteiger partial charge in [0, 0.05) is 12.1 Å². The first kappa shape index (κ1) is 16.7. The summed E-state index contributed by atoms with van der Waals surface area (Å²) in [5, 5.41) is 5.43. The molecule has 0 aromatic heterocycles. The number of para-hydroxylation sites is 1. The Morgan fingerprint density at radius 2 is 1.83 bits per heavy atom. The van der Waals surface area contributed by atoms with Crippen LogP contribution in [0.2, 0.25) is 0 Å².